The van der Waals surface area contributed by atoms with E-state index in [9.17, 15) is 0 Å². The zero-order chi connectivity index (χ0) is 7.44. The van der Waals surface area contributed by atoms with Crippen LogP contribution in [0.5, 0.6) is 0 Å². The first-order chi connectivity index (χ1) is 4.09. The van der Waals surface area contributed by atoms with Gasteiger partial charge in [0, 0.05) is 12.8 Å². The van der Waals surface area contributed by atoms with Crippen LogP contribution in [-0.2, 0) is 4.94 Å². The standard InChI is InChI=1S/C5H13N3O/c1-4(6)5(2)8(3)9-7/h5-6H,7H2,1-3H3. The SMILES string of the molecule is CC(=N)C(C)N(C)ON. The zero-order valence-electron chi connectivity index (χ0n) is 6.01. The van der Waals surface area contributed by atoms with E-state index in [0.717, 1.165) is 0 Å². The Bertz CT molecular complexity index is 104. The Morgan fingerprint density at radius 1 is 1.78 bits per heavy atom. The van der Waals surface area contributed by atoms with Crippen LogP contribution in [0.15, 0.2) is 0 Å². The van der Waals surface area contributed by atoms with E-state index in [-0.39, 0.29) is 6.04 Å². The van der Waals surface area contributed by atoms with Crippen LogP contribution >= 0.6 is 0 Å². The molecule has 0 aromatic heterocycles. The van der Waals surface area contributed by atoms with Gasteiger partial charge in [-0.2, -0.15) is 11.0 Å². The Balaban J connectivity index is 3.72. The van der Waals surface area contributed by atoms with Crippen molar-refractivity contribution in [3.05, 3.63) is 0 Å². The minimum absolute atomic E-state index is 0.0463. The fourth-order valence-electron chi connectivity index (χ4n) is 0.364. The van der Waals surface area contributed by atoms with Crippen molar-refractivity contribution >= 4 is 5.71 Å². The summed E-state index contributed by atoms with van der Waals surface area (Å²) in [6.45, 7) is 3.55. The Hall–Kier alpha value is -0.450. The average Bonchev–Trinajstić information content (AvgIpc) is 1.84. The summed E-state index contributed by atoms with van der Waals surface area (Å²) >= 11 is 0. The summed E-state index contributed by atoms with van der Waals surface area (Å²) in [5.41, 5.74) is 0.531. The van der Waals surface area contributed by atoms with Gasteiger partial charge in [0.15, 0.2) is 0 Å². The predicted molar refractivity (Wildman–Crippen MR) is 35.9 cm³/mol. The maximum Gasteiger partial charge on any atom is 0.0712 e. The lowest BCUT2D eigenvalue weighted by Gasteiger charge is -2.19. The van der Waals surface area contributed by atoms with E-state index in [0.29, 0.717) is 5.71 Å². The van der Waals surface area contributed by atoms with Gasteiger partial charge in [-0.3, -0.25) is 0 Å². The molecule has 0 aliphatic heterocycles. The van der Waals surface area contributed by atoms with Crippen LogP contribution in [0.2, 0.25) is 0 Å². The molecule has 0 aliphatic rings. The molecule has 0 fully saturated rings. The molecule has 0 saturated carbocycles. The minimum Gasteiger partial charge on any atom is -0.308 e. The van der Waals surface area contributed by atoms with E-state index >= 15 is 0 Å². The summed E-state index contributed by atoms with van der Waals surface area (Å²) in [7, 11) is 1.68. The lowest BCUT2D eigenvalue weighted by Crippen LogP contribution is -2.36. The first-order valence-corrected chi connectivity index (χ1v) is 2.74. The van der Waals surface area contributed by atoms with Crippen LogP contribution < -0.4 is 5.90 Å². The van der Waals surface area contributed by atoms with Gasteiger partial charge in [0.2, 0.25) is 0 Å². The van der Waals surface area contributed by atoms with Gasteiger partial charge in [0.25, 0.3) is 0 Å². The van der Waals surface area contributed by atoms with Crippen molar-refractivity contribution in [1.29, 1.82) is 5.41 Å². The Morgan fingerprint density at radius 3 is 2.33 bits per heavy atom. The highest BCUT2D eigenvalue weighted by atomic mass is 16.8. The van der Waals surface area contributed by atoms with Gasteiger partial charge in [-0.15, -0.1) is 0 Å². The lowest BCUT2D eigenvalue weighted by molar-refractivity contribution is -0.153. The Kier molecular flexibility index (Phi) is 3.37. The molecule has 0 aromatic carbocycles. The second kappa shape index (κ2) is 3.55. The van der Waals surface area contributed by atoms with Gasteiger partial charge in [0.1, 0.15) is 0 Å². The van der Waals surface area contributed by atoms with Crippen LogP contribution in [0.3, 0.4) is 0 Å². The topological polar surface area (TPSA) is 62.3 Å². The van der Waals surface area contributed by atoms with E-state index in [1.807, 2.05) is 6.92 Å². The van der Waals surface area contributed by atoms with Gasteiger partial charge in [0.05, 0.1) is 6.04 Å². The third kappa shape index (κ3) is 2.55. The molecule has 0 aliphatic carbocycles. The molecule has 0 saturated heterocycles. The quantitative estimate of drug-likeness (QED) is 0.423. The second-order valence-corrected chi connectivity index (χ2v) is 2.01. The molecule has 3 N–H and O–H groups in total. The fraction of sp³-hybridized carbons (Fsp3) is 0.800. The van der Waals surface area contributed by atoms with Crippen molar-refractivity contribution < 1.29 is 4.94 Å². The van der Waals surface area contributed by atoms with Gasteiger partial charge >= 0.3 is 0 Å². The summed E-state index contributed by atoms with van der Waals surface area (Å²) in [5, 5.41) is 8.58. The summed E-state index contributed by atoms with van der Waals surface area (Å²) in [6.07, 6.45) is 0. The fourth-order valence-corrected chi connectivity index (χ4v) is 0.364. The van der Waals surface area contributed by atoms with Gasteiger partial charge in [-0.05, 0) is 13.8 Å². The summed E-state index contributed by atoms with van der Waals surface area (Å²) < 4.78 is 0. The van der Waals surface area contributed by atoms with Crippen LogP contribution in [0, 0.1) is 5.41 Å². The smallest absolute Gasteiger partial charge is 0.0712 e. The molecule has 0 rings (SSSR count). The molecule has 1 atom stereocenters. The molecule has 0 heterocycles. The summed E-state index contributed by atoms with van der Waals surface area (Å²) in [5.74, 6) is 4.84. The highest BCUT2D eigenvalue weighted by Gasteiger charge is 2.09. The number of hydrogen-bond acceptors (Lipinski definition) is 4. The third-order valence-corrected chi connectivity index (χ3v) is 1.34. The third-order valence-electron chi connectivity index (χ3n) is 1.34. The molecule has 0 spiro atoms. The minimum atomic E-state index is -0.0463. The molecular formula is C5H13N3O. The number of hydroxylamine groups is 2. The van der Waals surface area contributed by atoms with Crippen LogP contribution in [0.4, 0.5) is 0 Å². The van der Waals surface area contributed by atoms with E-state index < -0.39 is 0 Å². The van der Waals surface area contributed by atoms with E-state index in [1.54, 1.807) is 14.0 Å². The largest absolute Gasteiger partial charge is 0.308 e. The molecular weight excluding hydrogens is 118 g/mol. The molecule has 9 heavy (non-hydrogen) atoms. The number of hydrogen-bond donors (Lipinski definition) is 2. The normalized spacial score (nSPS) is 13.9. The Morgan fingerprint density at radius 2 is 2.22 bits per heavy atom. The maximum atomic E-state index is 7.16. The number of nitrogens with one attached hydrogen (secondary N) is 1. The highest BCUT2D eigenvalue weighted by Crippen LogP contribution is 1.93. The number of nitrogens with two attached hydrogens (primary N) is 1. The van der Waals surface area contributed by atoms with Crippen molar-refractivity contribution in [2.45, 2.75) is 19.9 Å². The molecule has 1 unspecified atom stereocenters. The molecule has 54 valence electrons. The molecule has 0 amide bonds. The van der Waals surface area contributed by atoms with Crippen molar-refractivity contribution in [2.24, 2.45) is 5.90 Å². The number of nitrogens with zero attached hydrogens (tertiary/aromatic N) is 1. The zero-order valence-corrected chi connectivity index (χ0v) is 6.01. The molecule has 4 heteroatoms. The van der Waals surface area contributed by atoms with E-state index in [4.69, 9.17) is 11.3 Å². The number of rotatable bonds is 3. The molecule has 4 nitrogen and oxygen atoms in total. The first kappa shape index (κ1) is 8.55. The highest BCUT2D eigenvalue weighted by molar-refractivity contribution is 5.83. The van der Waals surface area contributed by atoms with Crippen molar-refractivity contribution in [2.75, 3.05) is 7.05 Å². The monoisotopic (exact) mass is 131 g/mol. The van der Waals surface area contributed by atoms with Crippen molar-refractivity contribution in [3.63, 3.8) is 0 Å². The second-order valence-electron chi connectivity index (χ2n) is 2.01. The van der Waals surface area contributed by atoms with Crippen LogP contribution in [-0.4, -0.2) is 23.9 Å². The summed E-state index contributed by atoms with van der Waals surface area (Å²) in [6, 6.07) is -0.0463. The van der Waals surface area contributed by atoms with Gasteiger partial charge in [-0.25, -0.2) is 4.94 Å². The average molecular weight is 131 g/mol. The predicted octanol–water partition coefficient (Wildman–Crippen LogP) is 0.152. The van der Waals surface area contributed by atoms with Gasteiger partial charge in [-0.1, -0.05) is 0 Å². The maximum absolute atomic E-state index is 7.16. The summed E-state index contributed by atoms with van der Waals surface area (Å²) in [4.78, 5) is 4.37. The van der Waals surface area contributed by atoms with Gasteiger partial charge < -0.3 is 5.41 Å². The van der Waals surface area contributed by atoms with E-state index in [2.05, 4.69) is 4.94 Å². The van der Waals surface area contributed by atoms with Crippen LogP contribution in [0.25, 0.3) is 0 Å². The molecule has 0 aromatic rings. The first-order valence-electron chi connectivity index (χ1n) is 2.74. The van der Waals surface area contributed by atoms with Crippen molar-refractivity contribution in [1.82, 2.24) is 5.06 Å². The lowest BCUT2D eigenvalue weighted by atomic mass is 10.2. The molecule has 0 bridgehead atoms. The molecule has 0 radical (unpaired) electrons. The van der Waals surface area contributed by atoms with Crippen molar-refractivity contribution in [3.8, 4) is 0 Å². The van der Waals surface area contributed by atoms with E-state index in [1.165, 1.54) is 5.06 Å². The van der Waals surface area contributed by atoms with Crippen LogP contribution in [0.1, 0.15) is 13.8 Å². The Labute approximate surface area is 55.0 Å².